The maximum atomic E-state index is 8.77. The number of hydrogen-bond acceptors (Lipinski definition) is 3. The van der Waals surface area contributed by atoms with Crippen molar-refractivity contribution in [3.63, 3.8) is 0 Å². The monoisotopic (exact) mass is 223 g/mol. The molecule has 1 heterocycles. The highest BCUT2D eigenvalue weighted by atomic mass is 35.5. The second-order valence-corrected chi connectivity index (χ2v) is 3.45. The highest BCUT2D eigenvalue weighted by Gasteiger charge is 2.13. The van der Waals surface area contributed by atoms with Crippen LogP contribution >= 0.6 is 12.4 Å². The van der Waals surface area contributed by atoms with E-state index in [4.69, 9.17) is 5.26 Å². The molecule has 80 valence electrons. The molecule has 0 radical (unpaired) electrons. The van der Waals surface area contributed by atoms with Gasteiger partial charge >= 0.3 is 0 Å². The Bertz CT molecular complexity index is 353. The number of halogens is 1. The van der Waals surface area contributed by atoms with Crippen LogP contribution in [0.3, 0.4) is 0 Å². The van der Waals surface area contributed by atoms with Crippen molar-refractivity contribution in [2.24, 2.45) is 0 Å². The van der Waals surface area contributed by atoms with Crippen LogP contribution in [-0.2, 0) is 0 Å². The van der Waals surface area contributed by atoms with Gasteiger partial charge in [0.1, 0.15) is 0 Å². The van der Waals surface area contributed by atoms with Gasteiger partial charge in [0.15, 0.2) is 0 Å². The van der Waals surface area contributed by atoms with Crippen LogP contribution < -0.4 is 10.6 Å². The lowest BCUT2D eigenvalue weighted by atomic mass is 10.0. The highest BCUT2D eigenvalue weighted by molar-refractivity contribution is 5.85. The van der Waals surface area contributed by atoms with Gasteiger partial charge in [0.25, 0.3) is 0 Å². The fraction of sp³-hybridized carbons (Fsp3) is 0.364. The van der Waals surface area contributed by atoms with E-state index in [0.29, 0.717) is 6.04 Å². The Morgan fingerprint density at radius 2 is 2.20 bits per heavy atom. The van der Waals surface area contributed by atoms with Crippen molar-refractivity contribution in [3.05, 3.63) is 35.4 Å². The average molecular weight is 224 g/mol. The summed E-state index contributed by atoms with van der Waals surface area (Å²) >= 11 is 0. The normalized spacial score (nSPS) is 20.1. The number of hydrogen-bond donors (Lipinski definition) is 2. The lowest BCUT2D eigenvalue weighted by Gasteiger charge is -2.24. The largest absolute Gasteiger partial charge is 0.314 e. The van der Waals surface area contributed by atoms with E-state index >= 15 is 0 Å². The van der Waals surface area contributed by atoms with Crippen molar-refractivity contribution in [2.75, 3.05) is 19.6 Å². The van der Waals surface area contributed by atoms with E-state index in [2.05, 4.69) is 22.8 Å². The molecule has 1 aliphatic heterocycles. The fourth-order valence-corrected chi connectivity index (χ4v) is 1.71. The minimum Gasteiger partial charge on any atom is -0.314 e. The Labute approximate surface area is 95.9 Å². The van der Waals surface area contributed by atoms with Crippen molar-refractivity contribution < 1.29 is 0 Å². The van der Waals surface area contributed by atoms with Gasteiger partial charge in [0.05, 0.1) is 11.6 Å². The van der Waals surface area contributed by atoms with Gasteiger partial charge in [0.2, 0.25) is 0 Å². The first-order valence-corrected chi connectivity index (χ1v) is 4.84. The van der Waals surface area contributed by atoms with Gasteiger partial charge in [-0.1, -0.05) is 12.1 Å². The third-order valence-electron chi connectivity index (χ3n) is 2.46. The maximum Gasteiger partial charge on any atom is 0.0991 e. The van der Waals surface area contributed by atoms with Crippen LogP contribution in [0.2, 0.25) is 0 Å². The smallest absolute Gasteiger partial charge is 0.0991 e. The van der Waals surface area contributed by atoms with Gasteiger partial charge < -0.3 is 10.6 Å². The molecule has 3 nitrogen and oxygen atoms in total. The van der Waals surface area contributed by atoms with E-state index in [1.807, 2.05) is 18.2 Å². The first kappa shape index (κ1) is 12.0. The summed E-state index contributed by atoms with van der Waals surface area (Å²) in [6.45, 7) is 2.95. The first-order chi connectivity index (χ1) is 6.90. The number of nitriles is 1. The molecule has 4 heteroatoms. The van der Waals surface area contributed by atoms with Crippen LogP contribution in [-0.4, -0.2) is 19.6 Å². The summed E-state index contributed by atoms with van der Waals surface area (Å²) in [5, 5.41) is 15.5. The van der Waals surface area contributed by atoms with E-state index in [9.17, 15) is 0 Å². The summed E-state index contributed by atoms with van der Waals surface area (Å²) in [6.07, 6.45) is 0. The zero-order valence-electron chi connectivity index (χ0n) is 8.36. The second kappa shape index (κ2) is 5.72. The van der Waals surface area contributed by atoms with Gasteiger partial charge in [-0.25, -0.2) is 0 Å². The summed E-state index contributed by atoms with van der Waals surface area (Å²) in [4.78, 5) is 0. The van der Waals surface area contributed by atoms with Gasteiger partial charge in [-0.3, -0.25) is 0 Å². The van der Waals surface area contributed by atoms with Crippen LogP contribution in [0.4, 0.5) is 0 Å². The zero-order chi connectivity index (χ0) is 9.80. The Balaban J connectivity index is 0.00000112. The highest BCUT2D eigenvalue weighted by Crippen LogP contribution is 2.14. The molecule has 15 heavy (non-hydrogen) atoms. The molecule has 0 bridgehead atoms. The van der Waals surface area contributed by atoms with E-state index in [-0.39, 0.29) is 12.4 Å². The molecular formula is C11H14ClN3. The number of piperazine rings is 1. The Kier molecular flexibility index (Phi) is 4.57. The molecule has 1 saturated heterocycles. The van der Waals surface area contributed by atoms with Crippen molar-refractivity contribution in [2.45, 2.75) is 6.04 Å². The summed E-state index contributed by atoms with van der Waals surface area (Å²) < 4.78 is 0. The molecule has 0 unspecified atom stereocenters. The molecule has 1 fully saturated rings. The Hall–Kier alpha value is -1.08. The minimum absolute atomic E-state index is 0. The Morgan fingerprint density at radius 1 is 1.33 bits per heavy atom. The standard InChI is InChI=1S/C11H13N3.ClH/c12-7-9-2-1-3-10(6-9)11-8-13-4-5-14-11;/h1-3,6,11,13-14H,4-5,8H2;1H/t11-;/m1./s1. The maximum absolute atomic E-state index is 8.77. The quantitative estimate of drug-likeness (QED) is 0.753. The van der Waals surface area contributed by atoms with Crippen LogP contribution in [0.5, 0.6) is 0 Å². The predicted octanol–water partition coefficient (Wildman–Crippen LogP) is 1.21. The summed E-state index contributed by atoms with van der Waals surface area (Å²) in [5.41, 5.74) is 1.92. The average Bonchev–Trinajstić information content (AvgIpc) is 2.30. The van der Waals surface area contributed by atoms with E-state index in [1.165, 1.54) is 5.56 Å². The van der Waals surface area contributed by atoms with E-state index in [1.54, 1.807) is 0 Å². The van der Waals surface area contributed by atoms with Crippen LogP contribution in [0.15, 0.2) is 24.3 Å². The van der Waals surface area contributed by atoms with E-state index < -0.39 is 0 Å². The van der Waals surface area contributed by atoms with Crippen LogP contribution in [0, 0.1) is 11.3 Å². The molecule has 1 atom stereocenters. The van der Waals surface area contributed by atoms with Crippen molar-refractivity contribution in [1.29, 1.82) is 5.26 Å². The van der Waals surface area contributed by atoms with Crippen LogP contribution in [0.1, 0.15) is 17.2 Å². The molecule has 0 aromatic heterocycles. The molecule has 0 saturated carbocycles. The third-order valence-corrected chi connectivity index (χ3v) is 2.46. The molecule has 1 aliphatic rings. The van der Waals surface area contributed by atoms with Gasteiger partial charge in [-0.2, -0.15) is 5.26 Å². The fourth-order valence-electron chi connectivity index (χ4n) is 1.71. The lowest BCUT2D eigenvalue weighted by Crippen LogP contribution is -2.42. The molecule has 0 amide bonds. The van der Waals surface area contributed by atoms with Gasteiger partial charge in [0, 0.05) is 25.7 Å². The SMILES string of the molecule is Cl.N#Cc1cccc([C@H]2CNCCN2)c1. The summed E-state index contributed by atoms with van der Waals surface area (Å²) in [5.74, 6) is 0. The summed E-state index contributed by atoms with van der Waals surface area (Å²) in [6, 6.07) is 10.3. The third kappa shape index (κ3) is 2.93. The van der Waals surface area contributed by atoms with E-state index in [0.717, 1.165) is 25.2 Å². The second-order valence-electron chi connectivity index (χ2n) is 3.45. The molecule has 2 rings (SSSR count). The van der Waals surface area contributed by atoms with Crippen LogP contribution in [0.25, 0.3) is 0 Å². The molecular weight excluding hydrogens is 210 g/mol. The van der Waals surface area contributed by atoms with Crippen molar-refractivity contribution >= 4 is 12.4 Å². The molecule has 2 N–H and O–H groups in total. The number of benzene rings is 1. The first-order valence-electron chi connectivity index (χ1n) is 4.84. The molecule has 0 aliphatic carbocycles. The molecule has 1 aromatic carbocycles. The number of rotatable bonds is 1. The lowest BCUT2D eigenvalue weighted by molar-refractivity contribution is 0.430. The van der Waals surface area contributed by atoms with Crippen molar-refractivity contribution in [3.8, 4) is 6.07 Å². The topological polar surface area (TPSA) is 47.9 Å². The minimum atomic E-state index is 0. The zero-order valence-corrected chi connectivity index (χ0v) is 9.18. The molecule has 1 aromatic rings. The predicted molar refractivity (Wildman–Crippen MR) is 62.0 cm³/mol. The Morgan fingerprint density at radius 3 is 2.87 bits per heavy atom. The summed E-state index contributed by atoms with van der Waals surface area (Å²) in [7, 11) is 0. The van der Waals surface area contributed by atoms with Crippen molar-refractivity contribution in [1.82, 2.24) is 10.6 Å². The molecule has 0 spiro atoms. The van der Waals surface area contributed by atoms with Gasteiger partial charge in [-0.15, -0.1) is 12.4 Å². The van der Waals surface area contributed by atoms with Gasteiger partial charge in [-0.05, 0) is 17.7 Å². The number of nitrogens with zero attached hydrogens (tertiary/aromatic N) is 1. The number of nitrogens with one attached hydrogen (secondary N) is 2.